The van der Waals surface area contributed by atoms with Crippen molar-refractivity contribution in [2.75, 3.05) is 13.2 Å². The summed E-state index contributed by atoms with van der Waals surface area (Å²) in [6, 6.07) is 0. The fourth-order valence-corrected chi connectivity index (χ4v) is 9.74. The van der Waals surface area contributed by atoms with Gasteiger partial charge in [-0.05, 0) is 44.9 Å². The lowest BCUT2D eigenvalue weighted by molar-refractivity contribution is -0.167. The van der Waals surface area contributed by atoms with Crippen LogP contribution >= 0.6 is 0 Å². The molecule has 0 heterocycles. The van der Waals surface area contributed by atoms with Gasteiger partial charge in [0.15, 0.2) is 6.10 Å². The zero-order chi connectivity index (χ0) is 50.7. The van der Waals surface area contributed by atoms with Crippen LogP contribution in [0.2, 0.25) is 0 Å². The van der Waals surface area contributed by atoms with Gasteiger partial charge in [0.25, 0.3) is 0 Å². The summed E-state index contributed by atoms with van der Waals surface area (Å²) in [6.07, 6.45) is 69.4. The van der Waals surface area contributed by atoms with Crippen molar-refractivity contribution < 1.29 is 28.6 Å². The number of carbonyl (C=O) groups is 3. The highest BCUT2D eigenvalue weighted by Crippen LogP contribution is 2.18. The van der Waals surface area contributed by atoms with E-state index in [0.717, 1.165) is 64.2 Å². The number of ether oxygens (including phenoxy) is 3. The topological polar surface area (TPSA) is 78.9 Å². The molecular formula is C64H122O6. The van der Waals surface area contributed by atoms with Crippen molar-refractivity contribution >= 4 is 17.9 Å². The van der Waals surface area contributed by atoms with Crippen LogP contribution in [0.1, 0.15) is 361 Å². The molecule has 1 unspecified atom stereocenters. The van der Waals surface area contributed by atoms with Crippen molar-refractivity contribution in [2.45, 2.75) is 367 Å². The molecule has 0 aromatic carbocycles. The zero-order valence-corrected chi connectivity index (χ0v) is 47.6. The third-order valence-electron chi connectivity index (χ3n) is 14.5. The monoisotopic (exact) mass is 987 g/mol. The van der Waals surface area contributed by atoms with Crippen LogP contribution in [0.25, 0.3) is 0 Å². The third kappa shape index (κ3) is 57.1. The summed E-state index contributed by atoms with van der Waals surface area (Å²) < 4.78 is 16.9. The summed E-state index contributed by atoms with van der Waals surface area (Å²) in [7, 11) is 0. The number of unbranched alkanes of at least 4 members (excludes halogenated alkanes) is 46. The molecule has 414 valence electrons. The normalized spacial score (nSPS) is 12.0. The quantitative estimate of drug-likeness (QED) is 0.0261. The second kappa shape index (κ2) is 59.7. The van der Waals surface area contributed by atoms with E-state index in [1.54, 1.807) is 0 Å². The molecule has 0 aromatic heterocycles. The van der Waals surface area contributed by atoms with Crippen LogP contribution in [0.4, 0.5) is 0 Å². The van der Waals surface area contributed by atoms with E-state index in [2.05, 4.69) is 32.9 Å². The van der Waals surface area contributed by atoms with Crippen molar-refractivity contribution in [3.05, 3.63) is 12.2 Å². The van der Waals surface area contributed by atoms with Gasteiger partial charge >= 0.3 is 17.9 Å². The summed E-state index contributed by atoms with van der Waals surface area (Å²) in [6.45, 7) is 6.69. The summed E-state index contributed by atoms with van der Waals surface area (Å²) in [5.74, 6) is -0.849. The lowest BCUT2D eigenvalue weighted by Gasteiger charge is -2.18. The van der Waals surface area contributed by atoms with Gasteiger partial charge in [0.05, 0.1) is 0 Å². The predicted octanol–water partition coefficient (Wildman–Crippen LogP) is 21.3. The first kappa shape index (κ1) is 68.2. The maximum atomic E-state index is 12.9. The van der Waals surface area contributed by atoms with Crippen molar-refractivity contribution in [2.24, 2.45) is 0 Å². The lowest BCUT2D eigenvalue weighted by Crippen LogP contribution is -2.30. The maximum Gasteiger partial charge on any atom is 0.306 e. The van der Waals surface area contributed by atoms with E-state index in [1.807, 2.05) is 0 Å². The van der Waals surface area contributed by atoms with Gasteiger partial charge in [-0.1, -0.05) is 309 Å². The molecule has 0 aliphatic carbocycles. The van der Waals surface area contributed by atoms with Crippen molar-refractivity contribution in [1.29, 1.82) is 0 Å². The van der Waals surface area contributed by atoms with Gasteiger partial charge in [-0.3, -0.25) is 14.4 Å². The van der Waals surface area contributed by atoms with E-state index in [9.17, 15) is 14.4 Å². The molecular weight excluding hydrogens is 865 g/mol. The Bertz CT molecular complexity index is 1090. The van der Waals surface area contributed by atoms with Gasteiger partial charge in [0.2, 0.25) is 0 Å². The Kier molecular flexibility index (Phi) is 58.1. The summed E-state index contributed by atoms with van der Waals surface area (Å²) in [4.78, 5) is 38.2. The molecule has 0 aromatic rings. The Balaban J connectivity index is 4.18. The lowest BCUT2D eigenvalue weighted by atomic mass is 10.0. The molecule has 70 heavy (non-hydrogen) atoms. The molecule has 0 aliphatic heterocycles. The van der Waals surface area contributed by atoms with Gasteiger partial charge in [-0.25, -0.2) is 0 Å². The first-order valence-corrected chi connectivity index (χ1v) is 31.7. The number of hydrogen-bond donors (Lipinski definition) is 0. The third-order valence-corrected chi connectivity index (χ3v) is 14.5. The molecule has 0 N–H and O–H groups in total. The molecule has 0 bridgehead atoms. The van der Waals surface area contributed by atoms with Crippen LogP contribution < -0.4 is 0 Å². The van der Waals surface area contributed by atoms with Crippen molar-refractivity contribution in [3.8, 4) is 0 Å². The molecule has 0 radical (unpaired) electrons. The fraction of sp³-hybridized carbons (Fsp3) is 0.922. The minimum absolute atomic E-state index is 0.0672. The van der Waals surface area contributed by atoms with Crippen LogP contribution in [0.5, 0.6) is 0 Å². The largest absolute Gasteiger partial charge is 0.462 e. The average molecular weight is 988 g/mol. The number of carbonyl (C=O) groups excluding carboxylic acids is 3. The minimum Gasteiger partial charge on any atom is -0.462 e. The molecule has 0 fully saturated rings. The van der Waals surface area contributed by atoms with E-state index in [1.165, 1.54) is 257 Å². The second-order valence-corrected chi connectivity index (χ2v) is 21.7. The zero-order valence-electron chi connectivity index (χ0n) is 47.6. The highest BCUT2D eigenvalue weighted by Gasteiger charge is 2.19. The van der Waals surface area contributed by atoms with Crippen LogP contribution in [0.3, 0.4) is 0 Å². The van der Waals surface area contributed by atoms with Gasteiger partial charge in [-0.15, -0.1) is 0 Å². The van der Waals surface area contributed by atoms with E-state index >= 15 is 0 Å². The maximum absolute atomic E-state index is 12.9. The highest BCUT2D eigenvalue weighted by atomic mass is 16.6. The van der Waals surface area contributed by atoms with Crippen LogP contribution in [-0.2, 0) is 28.6 Å². The molecule has 0 saturated heterocycles. The molecule has 0 saturated carbocycles. The number of esters is 3. The Morgan fingerprint density at radius 3 is 0.714 bits per heavy atom. The minimum atomic E-state index is -0.769. The molecule has 6 nitrogen and oxygen atoms in total. The molecule has 0 rings (SSSR count). The molecule has 0 amide bonds. The van der Waals surface area contributed by atoms with Crippen molar-refractivity contribution in [1.82, 2.24) is 0 Å². The standard InChI is InChI=1S/C64H122O6/c1-4-7-10-13-16-19-22-25-27-28-29-30-31-32-33-34-35-36-38-39-42-45-48-51-54-57-63(66)69-60-61(59-68-62(65)56-53-50-47-44-41-24-21-18-15-12-9-6-3)70-64(67)58-55-52-49-46-43-40-37-26-23-20-17-14-11-8-5-2/h26,37,61H,4-25,27-36,38-60H2,1-3H3/b37-26-. The van der Waals surface area contributed by atoms with Gasteiger partial charge < -0.3 is 14.2 Å². The number of hydrogen-bond acceptors (Lipinski definition) is 6. The predicted molar refractivity (Wildman–Crippen MR) is 303 cm³/mol. The summed E-state index contributed by atoms with van der Waals surface area (Å²) >= 11 is 0. The van der Waals surface area contributed by atoms with Crippen molar-refractivity contribution in [3.63, 3.8) is 0 Å². The molecule has 6 heteroatoms. The Labute approximate surface area is 437 Å². The number of allylic oxidation sites excluding steroid dienone is 2. The summed E-state index contributed by atoms with van der Waals surface area (Å²) in [5.41, 5.74) is 0. The van der Waals surface area contributed by atoms with Crippen LogP contribution in [0, 0.1) is 0 Å². The Morgan fingerprint density at radius 2 is 0.471 bits per heavy atom. The second-order valence-electron chi connectivity index (χ2n) is 21.7. The summed E-state index contributed by atoms with van der Waals surface area (Å²) in [5, 5.41) is 0. The van der Waals surface area contributed by atoms with Crippen LogP contribution in [0.15, 0.2) is 12.2 Å². The van der Waals surface area contributed by atoms with Crippen LogP contribution in [-0.4, -0.2) is 37.2 Å². The fourth-order valence-electron chi connectivity index (χ4n) is 9.74. The Morgan fingerprint density at radius 1 is 0.271 bits per heavy atom. The van der Waals surface area contributed by atoms with E-state index in [-0.39, 0.29) is 31.1 Å². The van der Waals surface area contributed by atoms with E-state index < -0.39 is 6.10 Å². The average Bonchev–Trinajstić information content (AvgIpc) is 3.36. The molecule has 1 atom stereocenters. The molecule has 0 aliphatic rings. The smallest absolute Gasteiger partial charge is 0.306 e. The van der Waals surface area contributed by atoms with E-state index in [0.29, 0.717) is 19.3 Å². The molecule has 0 spiro atoms. The van der Waals surface area contributed by atoms with Gasteiger partial charge in [-0.2, -0.15) is 0 Å². The first-order valence-electron chi connectivity index (χ1n) is 31.7. The Hall–Kier alpha value is -1.85. The van der Waals surface area contributed by atoms with Gasteiger partial charge in [0.1, 0.15) is 13.2 Å². The van der Waals surface area contributed by atoms with Gasteiger partial charge in [0, 0.05) is 19.3 Å². The first-order chi connectivity index (χ1) is 34.5. The SMILES string of the molecule is CCCCCCCC/C=C\CCCCCCCC(=O)OC(COC(=O)CCCCCCCCCCCCCC)COC(=O)CCCCCCCCCCCCCCCCCCCCCCCCCCC. The number of rotatable bonds is 59. The van der Waals surface area contributed by atoms with E-state index in [4.69, 9.17) is 14.2 Å². The highest BCUT2D eigenvalue weighted by molar-refractivity contribution is 5.71.